The minimum absolute atomic E-state index is 0.0805. The van der Waals surface area contributed by atoms with E-state index in [-0.39, 0.29) is 10.5 Å². The van der Waals surface area contributed by atoms with Crippen molar-refractivity contribution in [3.8, 4) is 5.75 Å². The molecule has 118 valence electrons. The molecule has 0 saturated heterocycles. The lowest BCUT2D eigenvalue weighted by molar-refractivity contribution is -0.147. The van der Waals surface area contributed by atoms with Gasteiger partial charge in [0.2, 0.25) is 4.77 Å². The minimum atomic E-state index is -4.72. The molecule has 0 unspecified atom stereocenters. The molecule has 0 aliphatic heterocycles. The summed E-state index contributed by atoms with van der Waals surface area (Å²) < 4.78 is 66.1. The molecule has 0 radical (unpaired) electrons. The Kier molecular flexibility index (Phi) is 4.54. The van der Waals surface area contributed by atoms with Crippen molar-refractivity contribution >= 4 is 18.4 Å². The molecule has 22 heavy (non-hydrogen) atoms. The molecule has 5 nitrogen and oxygen atoms in total. The molecule has 0 aliphatic carbocycles. The average molecular weight is 338 g/mol. The van der Waals surface area contributed by atoms with Crippen LogP contribution in [0, 0.1) is 4.77 Å². The van der Waals surface area contributed by atoms with Crippen LogP contribution in [0.3, 0.4) is 0 Å². The average Bonchev–Trinajstić information content (AvgIpc) is 2.78. The largest absolute Gasteiger partial charge is 0.453 e. The van der Waals surface area contributed by atoms with Gasteiger partial charge in [-0.05, 0) is 42.0 Å². The second kappa shape index (κ2) is 6.22. The molecule has 0 fully saturated rings. The Morgan fingerprint density at radius 2 is 1.91 bits per heavy atom. The molecule has 1 N–H and O–H groups in total. The van der Waals surface area contributed by atoms with Crippen LogP contribution in [0.15, 0.2) is 29.4 Å². The number of rotatable bonds is 4. The first-order chi connectivity index (χ1) is 10.3. The summed E-state index contributed by atoms with van der Waals surface area (Å²) in [5.74, 6) is -1.38. The van der Waals surface area contributed by atoms with Gasteiger partial charge in [-0.15, -0.1) is 5.10 Å². The van der Waals surface area contributed by atoms with Gasteiger partial charge in [0.05, 0.1) is 6.21 Å². The maximum absolute atomic E-state index is 12.7. The van der Waals surface area contributed by atoms with Gasteiger partial charge in [0, 0.05) is 0 Å². The van der Waals surface area contributed by atoms with E-state index >= 15 is 0 Å². The van der Waals surface area contributed by atoms with Gasteiger partial charge in [-0.1, -0.05) is 0 Å². The number of hydrogen-bond donors (Lipinski definition) is 1. The first-order valence-electron chi connectivity index (χ1n) is 5.61. The summed E-state index contributed by atoms with van der Waals surface area (Å²) in [4.78, 5) is 0. The Morgan fingerprint density at radius 1 is 1.27 bits per heavy atom. The molecule has 0 aliphatic rings. The third-order valence-corrected chi connectivity index (χ3v) is 2.60. The van der Waals surface area contributed by atoms with E-state index in [4.69, 9.17) is 0 Å². The van der Waals surface area contributed by atoms with Crippen molar-refractivity contribution in [2.24, 2.45) is 5.10 Å². The monoisotopic (exact) mass is 338 g/mol. The molecule has 1 aromatic carbocycles. The van der Waals surface area contributed by atoms with Crippen molar-refractivity contribution in [1.29, 1.82) is 0 Å². The number of ether oxygens (including phenoxy) is 1. The predicted molar refractivity (Wildman–Crippen MR) is 68.5 cm³/mol. The fourth-order valence-electron chi connectivity index (χ4n) is 1.44. The van der Waals surface area contributed by atoms with Gasteiger partial charge in [-0.25, -0.2) is 5.10 Å². The lowest BCUT2D eigenvalue weighted by Crippen LogP contribution is -2.12. The molecule has 0 saturated carbocycles. The highest BCUT2D eigenvalue weighted by atomic mass is 32.1. The zero-order chi connectivity index (χ0) is 16.3. The number of aromatic nitrogens is 3. The summed E-state index contributed by atoms with van der Waals surface area (Å²) in [6, 6.07) is 5.15. The third-order valence-electron chi connectivity index (χ3n) is 2.33. The van der Waals surface area contributed by atoms with Crippen LogP contribution >= 0.6 is 12.2 Å². The summed E-state index contributed by atoms with van der Waals surface area (Å²) in [6.07, 6.45) is -3.65. The SMILES string of the molecule is FC(F)Oc1ccc(/C=N/n2c(C(F)(F)F)n[nH]c2=S)cc1. The van der Waals surface area contributed by atoms with Gasteiger partial charge in [-0.3, -0.25) is 0 Å². The van der Waals surface area contributed by atoms with Gasteiger partial charge >= 0.3 is 12.8 Å². The lowest BCUT2D eigenvalue weighted by Gasteiger charge is -2.05. The van der Waals surface area contributed by atoms with Crippen LogP contribution < -0.4 is 4.74 Å². The number of halogens is 5. The van der Waals surface area contributed by atoms with Crippen molar-refractivity contribution in [3.63, 3.8) is 0 Å². The standard InChI is InChI=1S/C11H7F5N4OS/c12-9(13)21-7-3-1-6(2-4-7)5-17-20-8(11(14,15)16)18-19-10(20)22/h1-5,9H,(H,19,22)/b17-5+. The Bertz CT molecular complexity index is 719. The highest BCUT2D eigenvalue weighted by molar-refractivity contribution is 7.71. The molecule has 0 bridgehead atoms. The van der Waals surface area contributed by atoms with Gasteiger partial charge in [0.1, 0.15) is 5.75 Å². The fraction of sp³-hybridized carbons (Fsp3) is 0.182. The quantitative estimate of drug-likeness (QED) is 0.528. The molecule has 2 rings (SSSR count). The fourth-order valence-corrected chi connectivity index (χ4v) is 1.62. The minimum Gasteiger partial charge on any atom is -0.435 e. The zero-order valence-electron chi connectivity index (χ0n) is 10.5. The summed E-state index contributed by atoms with van der Waals surface area (Å²) in [6.45, 7) is -2.96. The van der Waals surface area contributed by atoms with E-state index in [1.807, 2.05) is 5.10 Å². The van der Waals surface area contributed by atoms with Crippen LogP contribution in [0.1, 0.15) is 11.4 Å². The van der Waals surface area contributed by atoms with Gasteiger partial charge in [0.25, 0.3) is 5.82 Å². The number of hydrogen-bond acceptors (Lipinski definition) is 4. The molecular weight excluding hydrogens is 331 g/mol. The van der Waals surface area contributed by atoms with Crippen LogP contribution in [0.2, 0.25) is 0 Å². The number of aromatic amines is 1. The van der Waals surface area contributed by atoms with Crippen molar-refractivity contribution in [2.45, 2.75) is 12.8 Å². The van der Waals surface area contributed by atoms with Crippen molar-refractivity contribution in [2.75, 3.05) is 0 Å². The van der Waals surface area contributed by atoms with E-state index < -0.39 is 18.6 Å². The first kappa shape index (κ1) is 16.1. The molecule has 0 amide bonds. The van der Waals surface area contributed by atoms with Gasteiger partial charge < -0.3 is 4.74 Å². The van der Waals surface area contributed by atoms with E-state index in [0.717, 1.165) is 6.21 Å². The van der Waals surface area contributed by atoms with Crippen LogP contribution in [0.5, 0.6) is 5.75 Å². The molecule has 0 atom stereocenters. The maximum Gasteiger partial charge on any atom is 0.453 e. The molecule has 0 spiro atoms. The Balaban J connectivity index is 2.22. The third kappa shape index (κ3) is 3.87. The summed E-state index contributed by atoms with van der Waals surface area (Å²) in [5, 5.41) is 8.62. The lowest BCUT2D eigenvalue weighted by atomic mass is 10.2. The van der Waals surface area contributed by atoms with E-state index in [9.17, 15) is 22.0 Å². The number of nitrogens with one attached hydrogen (secondary N) is 1. The number of benzene rings is 1. The highest BCUT2D eigenvalue weighted by Gasteiger charge is 2.37. The van der Waals surface area contributed by atoms with E-state index in [1.54, 1.807) is 0 Å². The molecular formula is C11H7F5N4OS. The second-order valence-corrected chi connectivity index (χ2v) is 4.24. The van der Waals surface area contributed by atoms with Crippen LogP contribution in [-0.2, 0) is 6.18 Å². The Morgan fingerprint density at radius 3 is 2.45 bits per heavy atom. The molecule has 1 aromatic heterocycles. The number of nitrogens with zero attached hydrogens (tertiary/aromatic N) is 3. The number of alkyl halides is 5. The Hall–Kier alpha value is -2.30. The van der Waals surface area contributed by atoms with Crippen LogP contribution in [-0.4, -0.2) is 27.7 Å². The van der Waals surface area contributed by atoms with Gasteiger partial charge in [0.15, 0.2) is 0 Å². The zero-order valence-corrected chi connectivity index (χ0v) is 11.3. The number of H-pyrrole nitrogens is 1. The second-order valence-electron chi connectivity index (χ2n) is 3.85. The molecule has 2 aromatic rings. The van der Waals surface area contributed by atoms with Crippen molar-refractivity contribution in [1.82, 2.24) is 14.9 Å². The summed E-state index contributed by atoms with van der Waals surface area (Å²) in [5.41, 5.74) is 0.359. The first-order valence-corrected chi connectivity index (χ1v) is 6.02. The predicted octanol–water partition coefficient (Wildman–Crippen LogP) is 3.44. The van der Waals surface area contributed by atoms with E-state index in [1.165, 1.54) is 24.3 Å². The molecule has 11 heteroatoms. The van der Waals surface area contributed by atoms with Crippen LogP contribution in [0.4, 0.5) is 22.0 Å². The summed E-state index contributed by atoms with van der Waals surface area (Å²) in [7, 11) is 0. The maximum atomic E-state index is 12.7. The van der Waals surface area contributed by atoms with E-state index in [0.29, 0.717) is 10.2 Å². The Labute approximate surface area is 125 Å². The highest BCUT2D eigenvalue weighted by Crippen LogP contribution is 2.27. The smallest absolute Gasteiger partial charge is 0.435 e. The summed E-state index contributed by atoms with van der Waals surface area (Å²) >= 11 is 4.65. The van der Waals surface area contributed by atoms with Crippen LogP contribution in [0.25, 0.3) is 0 Å². The van der Waals surface area contributed by atoms with Gasteiger partial charge in [-0.2, -0.15) is 31.7 Å². The van der Waals surface area contributed by atoms with Crippen molar-refractivity contribution in [3.05, 3.63) is 40.4 Å². The van der Waals surface area contributed by atoms with E-state index in [2.05, 4.69) is 27.2 Å². The molecule has 1 heterocycles. The van der Waals surface area contributed by atoms with Crippen molar-refractivity contribution < 1.29 is 26.7 Å². The topological polar surface area (TPSA) is 55.2 Å². The normalized spacial score (nSPS) is 12.3.